The van der Waals surface area contributed by atoms with E-state index in [1.807, 2.05) is 0 Å². The minimum absolute atomic E-state index is 0.741. The van der Waals surface area contributed by atoms with Crippen molar-refractivity contribution in [2.24, 2.45) is 5.73 Å². The fraction of sp³-hybridized carbons (Fsp3) is 1.00. The van der Waals surface area contributed by atoms with E-state index in [2.05, 4.69) is 0 Å². The molecule has 1 unspecified atom stereocenters. The molecule has 1 aliphatic rings. The van der Waals surface area contributed by atoms with E-state index in [4.69, 9.17) is 10.8 Å². The van der Waals surface area contributed by atoms with Crippen LogP contribution >= 0.6 is 0 Å². The first-order valence-corrected chi connectivity index (χ1v) is 5.21. The summed E-state index contributed by atoms with van der Waals surface area (Å²) in [4.78, 5) is 0. The van der Waals surface area contributed by atoms with Gasteiger partial charge in [0.1, 0.15) is 6.10 Å². The fourth-order valence-electron chi connectivity index (χ4n) is 1.46. The van der Waals surface area contributed by atoms with Crippen LogP contribution in [0.25, 0.3) is 0 Å². The van der Waals surface area contributed by atoms with Crippen LogP contribution in [0.15, 0.2) is 0 Å². The first-order valence-electron chi connectivity index (χ1n) is 3.59. The van der Waals surface area contributed by atoms with Gasteiger partial charge in [-0.3, -0.25) is 4.21 Å². The van der Waals surface area contributed by atoms with Gasteiger partial charge in [0.25, 0.3) is 0 Å². The van der Waals surface area contributed by atoms with Crippen molar-refractivity contribution < 1.29 is 19.5 Å². The summed E-state index contributed by atoms with van der Waals surface area (Å²) < 4.78 is 11.0. The second kappa shape index (κ2) is 3.39. The summed E-state index contributed by atoms with van der Waals surface area (Å²) in [5.41, 5.74) is 5.44. The number of aliphatic hydroxyl groups is 3. The van der Waals surface area contributed by atoms with Crippen molar-refractivity contribution in [2.45, 2.75) is 29.6 Å². The van der Waals surface area contributed by atoms with Gasteiger partial charge in [-0.05, 0) is 0 Å². The van der Waals surface area contributed by atoms with Crippen LogP contribution in [-0.2, 0) is 10.8 Å². The third kappa shape index (κ3) is 1.40. The molecule has 0 amide bonds. The summed E-state index contributed by atoms with van der Waals surface area (Å²) >= 11 is 0. The topological polar surface area (TPSA) is 104 Å². The van der Waals surface area contributed by atoms with Crippen molar-refractivity contribution in [3.8, 4) is 0 Å². The van der Waals surface area contributed by atoms with Crippen LogP contribution in [0.2, 0.25) is 0 Å². The van der Waals surface area contributed by atoms with Crippen molar-refractivity contribution in [2.75, 3.05) is 6.26 Å². The average molecular weight is 195 g/mol. The van der Waals surface area contributed by atoms with Gasteiger partial charge in [-0.25, -0.2) is 0 Å². The smallest absolute Gasteiger partial charge is 0.108 e. The summed E-state index contributed by atoms with van der Waals surface area (Å²) in [5.74, 6) is 0. The Bertz CT molecular complexity index is 186. The standard InChI is InChI=1S/C6H13NO4S/c1-12(11)6-2(7)3(8)4(9)5(6)10/h2-6,8-10H,7H2,1H3/t2-,3+,4+,5+,6+,12?/m0/s1. The zero-order chi connectivity index (χ0) is 9.46. The van der Waals surface area contributed by atoms with Gasteiger partial charge in [0, 0.05) is 17.1 Å². The number of aliphatic hydroxyl groups excluding tert-OH is 3. The van der Waals surface area contributed by atoms with Gasteiger partial charge >= 0.3 is 0 Å². The highest BCUT2D eigenvalue weighted by Gasteiger charge is 2.48. The van der Waals surface area contributed by atoms with Crippen molar-refractivity contribution in [1.82, 2.24) is 0 Å². The molecule has 0 aromatic rings. The van der Waals surface area contributed by atoms with Crippen LogP contribution < -0.4 is 5.73 Å². The maximum atomic E-state index is 11.0. The van der Waals surface area contributed by atoms with Gasteiger partial charge in [-0.1, -0.05) is 0 Å². The Morgan fingerprint density at radius 2 is 1.67 bits per heavy atom. The highest BCUT2D eigenvalue weighted by Crippen LogP contribution is 2.23. The molecule has 5 nitrogen and oxygen atoms in total. The van der Waals surface area contributed by atoms with E-state index < -0.39 is 40.4 Å². The lowest BCUT2D eigenvalue weighted by atomic mass is 10.2. The van der Waals surface area contributed by atoms with E-state index in [9.17, 15) is 14.4 Å². The third-order valence-corrected chi connectivity index (χ3v) is 3.55. The number of hydrogen-bond donors (Lipinski definition) is 4. The second-order valence-electron chi connectivity index (χ2n) is 3.01. The molecule has 0 aromatic carbocycles. The van der Waals surface area contributed by atoms with E-state index in [0.29, 0.717) is 0 Å². The lowest BCUT2D eigenvalue weighted by Gasteiger charge is -2.15. The molecule has 5 N–H and O–H groups in total. The van der Waals surface area contributed by atoms with Crippen molar-refractivity contribution >= 4 is 10.8 Å². The average Bonchev–Trinajstić information content (AvgIpc) is 2.16. The molecule has 0 aromatic heterocycles. The SMILES string of the molecule is CS(=O)[C@@H]1[C@@H](N)[C@@H](O)[C@@H](O)[C@H]1O. The number of hydrogen-bond acceptors (Lipinski definition) is 5. The quantitative estimate of drug-likeness (QED) is 0.361. The van der Waals surface area contributed by atoms with Crippen LogP contribution in [0, 0.1) is 0 Å². The molecule has 72 valence electrons. The largest absolute Gasteiger partial charge is 0.389 e. The van der Waals surface area contributed by atoms with Gasteiger partial charge in [0.15, 0.2) is 0 Å². The Morgan fingerprint density at radius 1 is 1.17 bits per heavy atom. The Kier molecular flexibility index (Phi) is 2.84. The Balaban J connectivity index is 2.83. The minimum atomic E-state index is -1.34. The molecule has 12 heavy (non-hydrogen) atoms. The molecule has 1 fully saturated rings. The van der Waals surface area contributed by atoms with Crippen molar-refractivity contribution in [3.63, 3.8) is 0 Å². The lowest BCUT2D eigenvalue weighted by Crippen LogP contribution is -2.42. The summed E-state index contributed by atoms with van der Waals surface area (Å²) in [6.45, 7) is 0. The van der Waals surface area contributed by atoms with E-state index in [0.717, 1.165) is 0 Å². The Labute approximate surface area is 72.7 Å². The van der Waals surface area contributed by atoms with Crippen molar-refractivity contribution in [3.05, 3.63) is 0 Å². The summed E-state index contributed by atoms with van der Waals surface area (Å²) in [6, 6.07) is -0.819. The van der Waals surface area contributed by atoms with Crippen LogP contribution in [-0.4, -0.2) is 55.4 Å². The molecule has 0 heterocycles. The van der Waals surface area contributed by atoms with E-state index in [-0.39, 0.29) is 0 Å². The van der Waals surface area contributed by atoms with Crippen LogP contribution in [0.5, 0.6) is 0 Å². The van der Waals surface area contributed by atoms with Gasteiger partial charge in [0.2, 0.25) is 0 Å². The lowest BCUT2D eigenvalue weighted by molar-refractivity contribution is -0.0200. The predicted molar refractivity (Wildman–Crippen MR) is 43.9 cm³/mol. The first-order chi connectivity index (χ1) is 5.46. The first kappa shape index (κ1) is 10.1. The third-order valence-electron chi connectivity index (χ3n) is 2.19. The molecule has 0 aliphatic heterocycles. The number of rotatable bonds is 1. The molecule has 6 heteroatoms. The monoisotopic (exact) mass is 195 g/mol. The zero-order valence-corrected chi connectivity index (χ0v) is 7.44. The molecule has 0 radical (unpaired) electrons. The highest BCUT2D eigenvalue weighted by atomic mass is 32.2. The van der Waals surface area contributed by atoms with Crippen LogP contribution in [0.1, 0.15) is 0 Å². The molecular formula is C6H13NO4S. The predicted octanol–water partition coefficient (Wildman–Crippen LogP) is -2.84. The van der Waals surface area contributed by atoms with Crippen LogP contribution in [0.4, 0.5) is 0 Å². The Morgan fingerprint density at radius 3 is 1.83 bits per heavy atom. The van der Waals surface area contributed by atoms with Crippen molar-refractivity contribution in [1.29, 1.82) is 0 Å². The minimum Gasteiger partial charge on any atom is -0.389 e. The summed E-state index contributed by atoms with van der Waals surface area (Å²) in [5, 5.41) is 26.9. The summed E-state index contributed by atoms with van der Waals surface area (Å²) in [7, 11) is -1.34. The Hall–Kier alpha value is -0.0100. The maximum absolute atomic E-state index is 11.0. The summed E-state index contributed by atoms with van der Waals surface area (Å²) in [6.07, 6.45) is -2.28. The van der Waals surface area contributed by atoms with Crippen LogP contribution in [0.3, 0.4) is 0 Å². The van der Waals surface area contributed by atoms with Gasteiger partial charge in [0.05, 0.1) is 23.5 Å². The maximum Gasteiger partial charge on any atom is 0.108 e. The molecule has 1 saturated carbocycles. The molecule has 6 atom stereocenters. The highest BCUT2D eigenvalue weighted by molar-refractivity contribution is 7.85. The van der Waals surface area contributed by atoms with E-state index >= 15 is 0 Å². The fourth-order valence-corrected chi connectivity index (χ4v) is 2.62. The molecule has 0 bridgehead atoms. The molecule has 1 rings (SSSR count). The zero-order valence-electron chi connectivity index (χ0n) is 6.62. The van der Waals surface area contributed by atoms with E-state index in [1.54, 1.807) is 0 Å². The second-order valence-corrected chi connectivity index (χ2v) is 4.55. The van der Waals surface area contributed by atoms with Gasteiger partial charge in [-0.15, -0.1) is 0 Å². The van der Waals surface area contributed by atoms with E-state index in [1.165, 1.54) is 6.26 Å². The van der Waals surface area contributed by atoms with Gasteiger partial charge in [-0.2, -0.15) is 0 Å². The molecular weight excluding hydrogens is 182 g/mol. The molecule has 0 spiro atoms. The number of nitrogens with two attached hydrogens (primary N) is 1. The normalized spacial score (nSPS) is 50.9. The molecule has 0 saturated heterocycles. The molecule has 1 aliphatic carbocycles. The van der Waals surface area contributed by atoms with Gasteiger partial charge < -0.3 is 21.1 Å².